The van der Waals surface area contributed by atoms with Gasteiger partial charge in [-0.2, -0.15) is 0 Å². The average Bonchev–Trinajstić information content (AvgIpc) is 3.23. The summed E-state index contributed by atoms with van der Waals surface area (Å²) in [4.78, 5) is 2.54. The van der Waals surface area contributed by atoms with Crippen molar-refractivity contribution >= 4 is 0 Å². The molecule has 0 aromatic heterocycles. The normalized spacial score (nSPS) is 23.8. The van der Waals surface area contributed by atoms with Crippen LogP contribution in [-0.4, -0.2) is 30.1 Å². The minimum absolute atomic E-state index is 0.121. The molecule has 3 heteroatoms. The van der Waals surface area contributed by atoms with Crippen LogP contribution in [0.4, 0.5) is 4.39 Å². The summed E-state index contributed by atoms with van der Waals surface area (Å²) in [5, 5.41) is 3.61. The molecule has 1 aromatic carbocycles. The Morgan fingerprint density at radius 2 is 2.11 bits per heavy atom. The zero-order chi connectivity index (χ0) is 13.1. The molecule has 2 nitrogen and oxygen atoms in total. The maximum absolute atomic E-state index is 13.3. The first-order valence-corrected chi connectivity index (χ1v) is 7.53. The molecule has 0 bridgehead atoms. The molecule has 1 unspecified atom stereocenters. The van der Waals surface area contributed by atoms with Crippen LogP contribution in [0.1, 0.15) is 37.7 Å². The van der Waals surface area contributed by atoms with Crippen molar-refractivity contribution < 1.29 is 4.39 Å². The van der Waals surface area contributed by atoms with Gasteiger partial charge in [0, 0.05) is 25.2 Å². The van der Waals surface area contributed by atoms with Crippen molar-refractivity contribution in [3.8, 4) is 0 Å². The first-order chi connectivity index (χ1) is 9.31. The van der Waals surface area contributed by atoms with Crippen molar-refractivity contribution in [2.45, 2.75) is 50.7 Å². The molecule has 3 rings (SSSR count). The molecular weight excluding hydrogens is 239 g/mol. The summed E-state index contributed by atoms with van der Waals surface area (Å²) in [5.74, 6) is -0.121. The van der Waals surface area contributed by atoms with E-state index >= 15 is 0 Å². The SMILES string of the molecule is Fc1cccc(CN(CC2CCCCN2)C2CC2)c1. The van der Waals surface area contributed by atoms with Gasteiger partial charge in [-0.1, -0.05) is 18.6 Å². The van der Waals surface area contributed by atoms with E-state index in [1.165, 1.54) is 38.2 Å². The number of benzene rings is 1. The Hall–Kier alpha value is -0.930. The highest BCUT2D eigenvalue weighted by Crippen LogP contribution is 2.29. The fourth-order valence-corrected chi connectivity index (χ4v) is 3.02. The topological polar surface area (TPSA) is 15.3 Å². The number of nitrogens with zero attached hydrogens (tertiary/aromatic N) is 1. The second kappa shape index (κ2) is 6.02. The maximum atomic E-state index is 13.3. The summed E-state index contributed by atoms with van der Waals surface area (Å²) >= 11 is 0. The molecule has 2 aliphatic rings. The molecule has 0 amide bonds. The summed E-state index contributed by atoms with van der Waals surface area (Å²) in [5.41, 5.74) is 1.10. The fraction of sp³-hybridized carbons (Fsp3) is 0.625. The maximum Gasteiger partial charge on any atom is 0.123 e. The number of rotatable bonds is 5. The average molecular weight is 262 g/mol. The van der Waals surface area contributed by atoms with E-state index in [1.54, 1.807) is 6.07 Å². The van der Waals surface area contributed by atoms with Crippen molar-refractivity contribution in [3.63, 3.8) is 0 Å². The van der Waals surface area contributed by atoms with Gasteiger partial charge in [0.15, 0.2) is 0 Å². The molecule has 1 atom stereocenters. The van der Waals surface area contributed by atoms with Crippen LogP contribution in [0, 0.1) is 5.82 Å². The fourth-order valence-electron chi connectivity index (χ4n) is 3.02. The van der Waals surface area contributed by atoms with Crippen LogP contribution >= 0.6 is 0 Å². The molecular formula is C16H23FN2. The van der Waals surface area contributed by atoms with Crippen molar-refractivity contribution in [1.82, 2.24) is 10.2 Å². The van der Waals surface area contributed by atoms with Crippen molar-refractivity contribution in [3.05, 3.63) is 35.6 Å². The number of hydrogen-bond acceptors (Lipinski definition) is 2. The summed E-state index contributed by atoms with van der Waals surface area (Å²) in [6.45, 7) is 3.16. The van der Waals surface area contributed by atoms with Gasteiger partial charge in [-0.15, -0.1) is 0 Å². The van der Waals surface area contributed by atoms with Crippen LogP contribution in [0.5, 0.6) is 0 Å². The lowest BCUT2D eigenvalue weighted by molar-refractivity contribution is 0.208. The predicted octanol–water partition coefficient (Wildman–Crippen LogP) is 2.93. The van der Waals surface area contributed by atoms with Gasteiger partial charge in [-0.25, -0.2) is 4.39 Å². The van der Waals surface area contributed by atoms with Gasteiger partial charge >= 0.3 is 0 Å². The molecule has 104 valence electrons. The standard InChI is InChI=1S/C16H23FN2/c17-14-5-3-4-13(10-14)11-19(16-7-8-16)12-15-6-1-2-9-18-15/h3-5,10,15-16,18H,1-2,6-9,11-12H2. The lowest BCUT2D eigenvalue weighted by Gasteiger charge is -2.30. The molecule has 1 N–H and O–H groups in total. The molecule has 1 aliphatic heterocycles. The van der Waals surface area contributed by atoms with Gasteiger partial charge in [0.05, 0.1) is 0 Å². The minimum Gasteiger partial charge on any atom is -0.313 e. The molecule has 0 spiro atoms. The number of nitrogens with one attached hydrogen (secondary N) is 1. The van der Waals surface area contributed by atoms with E-state index in [0.29, 0.717) is 6.04 Å². The van der Waals surface area contributed by atoms with E-state index < -0.39 is 0 Å². The third-order valence-corrected chi connectivity index (χ3v) is 4.21. The quantitative estimate of drug-likeness (QED) is 0.877. The smallest absolute Gasteiger partial charge is 0.123 e. The number of hydrogen-bond donors (Lipinski definition) is 1. The van der Waals surface area contributed by atoms with Gasteiger partial charge < -0.3 is 5.32 Å². The highest BCUT2D eigenvalue weighted by atomic mass is 19.1. The Morgan fingerprint density at radius 1 is 1.21 bits per heavy atom. The molecule has 1 heterocycles. The van der Waals surface area contributed by atoms with Crippen LogP contribution in [0.15, 0.2) is 24.3 Å². The summed E-state index contributed by atoms with van der Waals surface area (Å²) < 4.78 is 13.3. The van der Waals surface area contributed by atoms with Crippen LogP contribution in [0.25, 0.3) is 0 Å². The van der Waals surface area contributed by atoms with Gasteiger partial charge in [0.1, 0.15) is 5.82 Å². The first-order valence-electron chi connectivity index (χ1n) is 7.53. The Bertz CT molecular complexity index is 411. The van der Waals surface area contributed by atoms with E-state index in [2.05, 4.69) is 10.2 Å². The number of halogens is 1. The highest BCUT2D eigenvalue weighted by Gasteiger charge is 2.30. The summed E-state index contributed by atoms with van der Waals surface area (Å²) in [6.07, 6.45) is 6.55. The zero-order valence-corrected chi connectivity index (χ0v) is 11.4. The van der Waals surface area contributed by atoms with E-state index in [0.717, 1.165) is 31.2 Å². The monoisotopic (exact) mass is 262 g/mol. The van der Waals surface area contributed by atoms with Gasteiger partial charge in [0.2, 0.25) is 0 Å². The Kier molecular flexibility index (Phi) is 4.14. The zero-order valence-electron chi connectivity index (χ0n) is 11.4. The van der Waals surface area contributed by atoms with Crippen molar-refractivity contribution in [2.75, 3.05) is 13.1 Å². The van der Waals surface area contributed by atoms with Gasteiger partial charge in [-0.3, -0.25) is 4.90 Å². The van der Waals surface area contributed by atoms with E-state index in [-0.39, 0.29) is 5.82 Å². The first kappa shape index (κ1) is 13.1. The molecule has 1 aromatic rings. The minimum atomic E-state index is -0.121. The molecule has 2 fully saturated rings. The summed E-state index contributed by atoms with van der Waals surface area (Å²) in [7, 11) is 0. The molecule has 1 saturated carbocycles. The third-order valence-electron chi connectivity index (χ3n) is 4.21. The lowest BCUT2D eigenvalue weighted by atomic mass is 10.0. The number of piperidine rings is 1. The largest absolute Gasteiger partial charge is 0.313 e. The van der Waals surface area contributed by atoms with E-state index in [9.17, 15) is 4.39 Å². The summed E-state index contributed by atoms with van der Waals surface area (Å²) in [6, 6.07) is 8.40. The Morgan fingerprint density at radius 3 is 2.79 bits per heavy atom. The highest BCUT2D eigenvalue weighted by molar-refractivity contribution is 5.16. The van der Waals surface area contributed by atoms with Crippen LogP contribution in [0.3, 0.4) is 0 Å². The van der Waals surface area contributed by atoms with Crippen molar-refractivity contribution in [1.29, 1.82) is 0 Å². The van der Waals surface area contributed by atoms with E-state index in [1.807, 2.05) is 12.1 Å². The van der Waals surface area contributed by atoms with Crippen LogP contribution in [-0.2, 0) is 6.54 Å². The second-order valence-electron chi connectivity index (χ2n) is 5.94. The van der Waals surface area contributed by atoms with Gasteiger partial charge in [-0.05, 0) is 49.9 Å². The molecule has 1 saturated heterocycles. The van der Waals surface area contributed by atoms with Crippen LogP contribution in [0.2, 0.25) is 0 Å². The van der Waals surface area contributed by atoms with E-state index in [4.69, 9.17) is 0 Å². The molecule has 0 radical (unpaired) electrons. The molecule has 1 aliphatic carbocycles. The third kappa shape index (κ3) is 3.77. The predicted molar refractivity (Wildman–Crippen MR) is 75.5 cm³/mol. The second-order valence-corrected chi connectivity index (χ2v) is 5.94. The Balaban J connectivity index is 1.60. The lowest BCUT2D eigenvalue weighted by Crippen LogP contribution is -2.44. The van der Waals surface area contributed by atoms with Crippen LogP contribution < -0.4 is 5.32 Å². The van der Waals surface area contributed by atoms with Crippen molar-refractivity contribution in [2.24, 2.45) is 0 Å². The van der Waals surface area contributed by atoms with Gasteiger partial charge in [0.25, 0.3) is 0 Å². The molecule has 19 heavy (non-hydrogen) atoms. The Labute approximate surface area is 115 Å².